The second-order valence-electron chi connectivity index (χ2n) is 3.89. The Morgan fingerprint density at radius 1 is 1.39 bits per heavy atom. The molecule has 0 atom stereocenters. The average molecular weight is 269 g/mol. The van der Waals surface area contributed by atoms with Crippen LogP contribution in [0.5, 0.6) is 0 Å². The number of benzene rings is 1. The first-order valence-electron chi connectivity index (χ1n) is 5.72. The van der Waals surface area contributed by atoms with Gasteiger partial charge in [0.25, 0.3) is 5.91 Å². The summed E-state index contributed by atoms with van der Waals surface area (Å²) in [5.74, 6) is -0.0569. The first-order chi connectivity index (χ1) is 8.31. The standard InChI is InChI=1S/C12H16N4O.ClH/c13-5-1-2-6-14-12(17)9-3-4-10-11(7-9)16-8-15-10;/h3-4,7-8H,1-2,5-6,13H2,(H,14,17)(H,15,16);1H. The number of nitrogens with zero attached hydrogens (tertiary/aromatic N) is 1. The highest BCUT2D eigenvalue weighted by molar-refractivity contribution is 5.97. The quantitative estimate of drug-likeness (QED) is 0.718. The van der Waals surface area contributed by atoms with Gasteiger partial charge in [0.15, 0.2) is 0 Å². The molecule has 0 saturated heterocycles. The van der Waals surface area contributed by atoms with Crippen molar-refractivity contribution in [3.8, 4) is 0 Å². The van der Waals surface area contributed by atoms with E-state index in [1.165, 1.54) is 0 Å². The van der Waals surface area contributed by atoms with E-state index in [4.69, 9.17) is 5.73 Å². The van der Waals surface area contributed by atoms with Crippen LogP contribution in [0.1, 0.15) is 23.2 Å². The number of nitrogens with one attached hydrogen (secondary N) is 2. The molecule has 18 heavy (non-hydrogen) atoms. The lowest BCUT2D eigenvalue weighted by atomic mass is 10.2. The largest absolute Gasteiger partial charge is 0.352 e. The van der Waals surface area contributed by atoms with Crippen LogP contribution in [0.15, 0.2) is 24.5 Å². The SMILES string of the molecule is Cl.NCCCCNC(=O)c1ccc2nc[nH]c2c1. The highest BCUT2D eigenvalue weighted by Gasteiger charge is 2.06. The third-order valence-electron chi connectivity index (χ3n) is 2.60. The van der Waals surface area contributed by atoms with Crippen molar-refractivity contribution < 1.29 is 4.79 Å². The molecule has 98 valence electrons. The number of carbonyl (C=O) groups excluding carboxylic acids is 1. The molecule has 1 aromatic heterocycles. The van der Waals surface area contributed by atoms with E-state index in [0.29, 0.717) is 18.7 Å². The van der Waals surface area contributed by atoms with Gasteiger partial charge in [-0.15, -0.1) is 12.4 Å². The zero-order valence-electron chi connectivity index (χ0n) is 9.98. The fourth-order valence-corrected chi connectivity index (χ4v) is 1.65. The molecule has 0 radical (unpaired) electrons. The predicted octanol–water partition coefficient (Wildman–Crippen LogP) is 1.45. The smallest absolute Gasteiger partial charge is 0.251 e. The maximum atomic E-state index is 11.8. The van der Waals surface area contributed by atoms with Crippen molar-refractivity contribution in [2.75, 3.05) is 13.1 Å². The molecule has 1 amide bonds. The number of hydrogen-bond acceptors (Lipinski definition) is 3. The number of H-pyrrole nitrogens is 1. The predicted molar refractivity (Wildman–Crippen MR) is 74.0 cm³/mol. The number of halogens is 1. The number of fused-ring (bicyclic) bond motifs is 1. The molecule has 2 aromatic rings. The van der Waals surface area contributed by atoms with Crippen LogP contribution in [0, 0.1) is 0 Å². The lowest BCUT2D eigenvalue weighted by molar-refractivity contribution is 0.0953. The van der Waals surface area contributed by atoms with Crippen LogP contribution in [-0.4, -0.2) is 29.0 Å². The molecule has 0 saturated carbocycles. The molecular formula is C12H17ClN4O. The second kappa shape index (κ2) is 6.98. The molecule has 6 heteroatoms. The first kappa shape index (κ1) is 14.5. The fourth-order valence-electron chi connectivity index (χ4n) is 1.65. The minimum absolute atomic E-state index is 0. The lowest BCUT2D eigenvalue weighted by Crippen LogP contribution is -2.24. The average Bonchev–Trinajstić information content (AvgIpc) is 2.81. The van der Waals surface area contributed by atoms with E-state index in [1.807, 2.05) is 6.07 Å². The minimum atomic E-state index is -0.0569. The highest BCUT2D eigenvalue weighted by Crippen LogP contribution is 2.11. The molecule has 1 aromatic carbocycles. The topological polar surface area (TPSA) is 83.8 Å². The van der Waals surface area contributed by atoms with Gasteiger partial charge >= 0.3 is 0 Å². The third-order valence-corrected chi connectivity index (χ3v) is 2.60. The van der Waals surface area contributed by atoms with Gasteiger partial charge in [-0.2, -0.15) is 0 Å². The van der Waals surface area contributed by atoms with Crippen molar-refractivity contribution in [3.05, 3.63) is 30.1 Å². The molecule has 2 rings (SSSR count). The summed E-state index contributed by atoms with van der Waals surface area (Å²) >= 11 is 0. The summed E-state index contributed by atoms with van der Waals surface area (Å²) in [6.45, 7) is 1.33. The summed E-state index contributed by atoms with van der Waals surface area (Å²) in [6, 6.07) is 5.42. The van der Waals surface area contributed by atoms with Crippen molar-refractivity contribution in [1.82, 2.24) is 15.3 Å². The van der Waals surface area contributed by atoms with Gasteiger partial charge in [-0.25, -0.2) is 4.98 Å². The maximum absolute atomic E-state index is 11.8. The van der Waals surface area contributed by atoms with Gasteiger partial charge in [0.1, 0.15) is 0 Å². The van der Waals surface area contributed by atoms with Crippen LogP contribution in [0.2, 0.25) is 0 Å². The summed E-state index contributed by atoms with van der Waals surface area (Å²) < 4.78 is 0. The number of nitrogens with two attached hydrogens (primary N) is 1. The molecule has 0 aliphatic rings. The van der Waals surface area contributed by atoms with Crippen LogP contribution in [0.4, 0.5) is 0 Å². The van der Waals surface area contributed by atoms with Gasteiger partial charge in [0, 0.05) is 12.1 Å². The third kappa shape index (κ3) is 3.45. The Morgan fingerprint density at radius 3 is 3.00 bits per heavy atom. The van der Waals surface area contributed by atoms with Crippen molar-refractivity contribution in [2.45, 2.75) is 12.8 Å². The molecule has 0 fully saturated rings. The highest BCUT2D eigenvalue weighted by atomic mass is 35.5. The summed E-state index contributed by atoms with van der Waals surface area (Å²) in [6.07, 6.45) is 3.46. The fraction of sp³-hybridized carbons (Fsp3) is 0.333. The van der Waals surface area contributed by atoms with E-state index in [2.05, 4.69) is 15.3 Å². The molecule has 4 N–H and O–H groups in total. The Hall–Kier alpha value is -1.59. The van der Waals surface area contributed by atoms with Crippen LogP contribution in [-0.2, 0) is 0 Å². The van der Waals surface area contributed by atoms with Gasteiger partial charge in [-0.1, -0.05) is 0 Å². The number of aromatic nitrogens is 2. The number of unbranched alkanes of at least 4 members (excludes halogenated alkanes) is 1. The number of hydrogen-bond donors (Lipinski definition) is 3. The number of imidazole rings is 1. The van der Waals surface area contributed by atoms with E-state index < -0.39 is 0 Å². The van der Waals surface area contributed by atoms with Gasteiger partial charge in [-0.05, 0) is 37.6 Å². The van der Waals surface area contributed by atoms with E-state index in [9.17, 15) is 4.79 Å². The van der Waals surface area contributed by atoms with E-state index in [1.54, 1.807) is 18.5 Å². The number of amides is 1. The molecule has 0 aliphatic carbocycles. The minimum Gasteiger partial charge on any atom is -0.352 e. The van der Waals surface area contributed by atoms with Gasteiger partial charge in [0.05, 0.1) is 17.4 Å². The van der Waals surface area contributed by atoms with Crippen molar-refractivity contribution in [1.29, 1.82) is 0 Å². The van der Waals surface area contributed by atoms with Crippen molar-refractivity contribution in [3.63, 3.8) is 0 Å². The van der Waals surface area contributed by atoms with Crippen molar-refractivity contribution >= 4 is 29.3 Å². The van der Waals surface area contributed by atoms with Gasteiger partial charge in [0.2, 0.25) is 0 Å². The molecular weight excluding hydrogens is 252 g/mol. The molecule has 0 aliphatic heterocycles. The van der Waals surface area contributed by atoms with Crippen LogP contribution in [0.25, 0.3) is 11.0 Å². The van der Waals surface area contributed by atoms with E-state index in [-0.39, 0.29) is 18.3 Å². The Labute approximate surface area is 112 Å². The van der Waals surface area contributed by atoms with Crippen LogP contribution >= 0.6 is 12.4 Å². The monoisotopic (exact) mass is 268 g/mol. The Bertz CT molecular complexity index is 512. The number of aromatic amines is 1. The van der Waals surface area contributed by atoms with Crippen LogP contribution in [0.3, 0.4) is 0 Å². The summed E-state index contributed by atoms with van der Waals surface area (Å²) in [4.78, 5) is 18.9. The zero-order chi connectivity index (χ0) is 12.1. The Kier molecular flexibility index (Phi) is 5.61. The number of rotatable bonds is 5. The normalized spacial score (nSPS) is 10.1. The Balaban J connectivity index is 0.00000162. The Morgan fingerprint density at radius 2 is 2.22 bits per heavy atom. The maximum Gasteiger partial charge on any atom is 0.251 e. The first-order valence-corrected chi connectivity index (χ1v) is 5.72. The van der Waals surface area contributed by atoms with Gasteiger partial charge in [-0.3, -0.25) is 4.79 Å². The summed E-state index contributed by atoms with van der Waals surface area (Å²) in [5.41, 5.74) is 7.77. The lowest BCUT2D eigenvalue weighted by Gasteiger charge is -2.04. The molecule has 0 spiro atoms. The molecule has 0 unspecified atom stereocenters. The second-order valence-corrected chi connectivity index (χ2v) is 3.89. The van der Waals surface area contributed by atoms with E-state index >= 15 is 0 Å². The number of carbonyl (C=O) groups is 1. The van der Waals surface area contributed by atoms with Gasteiger partial charge < -0.3 is 16.0 Å². The molecule has 5 nitrogen and oxygen atoms in total. The summed E-state index contributed by atoms with van der Waals surface area (Å²) in [7, 11) is 0. The molecule has 1 heterocycles. The molecule has 0 bridgehead atoms. The van der Waals surface area contributed by atoms with Crippen molar-refractivity contribution in [2.24, 2.45) is 5.73 Å². The van der Waals surface area contributed by atoms with E-state index in [0.717, 1.165) is 23.9 Å². The zero-order valence-corrected chi connectivity index (χ0v) is 10.8. The van der Waals surface area contributed by atoms with Crippen LogP contribution < -0.4 is 11.1 Å². The summed E-state index contributed by atoms with van der Waals surface area (Å²) in [5, 5.41) is 2.86.